The second-order valence-corrected chi connectivity index (χ2v) is 8.35. The molecule has 1 aliphatic heterocycles. The Bertz CT molecular complexity index is 676. The average Bonchev–Trinajstić information content (AvgIpc) is 2.94. The van der Waals surface area contributed by atoms with Gasteiger partial charge in [-0.3, -0.25) is 0 Å². The normalized spacial score (nSPS) is 22.0. The monoisotopic (exact) mass is 361 g/mol. The zero-order valence-corrected chi connectivity index (χ0v) is 14.4. The number of nitrogens with one attached hydrogen (secondary N) is 1. The van der Waals surface area contributed by atoms with Gasteiger partial charge in [0.2, 0.25) is 0 Å². The maximum atomic E-state index is 12.0. The van der Waals surface area contributed by atoms with Crippen LogP contribution in [-0.4, -0.2) is 42.4 Å². The van der Waals surface area contributed by atoms with Gasteiger partial charge in [0.25, 0.3) is 0 Å². The lowest BCUT2D eigenvalue weighted by Crippen LogP contribution is -2.33. The van der Waals surface area contributed by atoms with E-state index in [-0.39, 0.29) is 11.3 Å². The molecule has 1 aromatic heterocycles. The number of aliphatic carboxylic acids is 2. The number of hydrogen-bond acceptors (Lipinski definition) is 6. The first-order valence-corrected chi connectivity index (χ1v) is 9.31. The van der Waals surface area contributed by atoms with Gasteiger partial charge in [0.1, 0.15) is 4.21 Å². The van der Waals surface area contributed by atoms with E-state index in [1.54, 1.807) is 6.92 Å². The van der Waals surface area contributed by atoms with Crippen LogP contribution in [0, 0.1) is 0 Å². The number of fused-ring (bicyclic) bond motifs is 1. The van der Waals surface area contributed by atoms with Gasteiger partial charge in [-0.2, -0.15) is 0 Å². The van der Waals surface area contributed by atoms with Gasteiger partial charge in [0.05, 0.1) is 5.25 Å². The molecule has 0 aromatic carbocycles. The highest BCUT2D eigenvalue weighted by atomic mass is 32.2. The summed E-state index contributed by atoms with van der Waals surface area (Å²) >= 11 is 1.34. The van der Waals surface area contributed by atoms with Crippen molar-refractivity contribution in [3.8, 4) is 0 Å². The van der Waals surface area contributed by atoms with Crippen LogP contribution in [0.1, 0.15) is 31.9 Å². The van der Waals surface area contributed by atoms with Crippen LogP contribution in [0.3, 0.4) is 0 Å². The van der Waals surface area contributed by atoms with Crippen molar-refractivity contribution in [2.75, 3.05) is 6.54 Å². The minimum absolute atomic E-state index is 0.203. The standard InChI is InChI=1S/C10H15NO2S2.C4H4O4/c1-3-11-9-6-7(2)15(12,13)10-8(9)4-5-14-10;5-3(6)1-2-4(7)8/h4-5,7,9,11H,3,6H2,1-2H3;1-2H,(H,5,6)(H,7,8)/b;2-1+/t7-,9-;/m0./s1. The lowest BCUT2D eigenvalue weighted by molar-refractivity contribution is -0.134. The molecular weight excluding hydrogens is 342 g/mol. The quantitative estimate of drug-likeness (QED) is 0.698. The molecule has 3 N–H and O–H groups in total. The van der Waals surface area contributed by atoms with Gasteiger partial charge < -0.3 is 15.5 Å². The van der Waals surface area contributed by atoms with Gasteiger partial charge in [0.15, 0.2) is 9.84 Å². The van der Waals surface area contributed by atoms with E-state index >= 15 is 0 Å². The first-order chi connectivity index (χ1) is 10.7. The molecule has 1 aliphatic rings. The van der Waals surface area contributed by atoms with Crippen molar-refractivity contribution in [3.05, 3.63) is 29.2 Å². The van der Waals surface area contributed by atoms with E-state index in [0.717, 1.165) is 12.1 Å². The highest BCUT2D eigenvalue weighted by Crippen LogP contribution is 2.39. The summed E-state index contributed by atoms with van der Waals surface area (Å²) in [7, 11) is -3.05. The molecule has 0 saturated heterocycles. The van der Waals surface area contributed by atoms with Gasteiger partial charge in [0, 0.05) is 18.2 Å². The van der Waals surface area contributed by atoms with Crippen LogP contribution in [0.5, 0.6) is 0 Å². The predicted octanol–water partition coefficient (Wildman–Crippen LogP) is 1.68. The number of carbonyl (C=O) groups is 2. The second kappa shape index (κ2) is 8.23. The molecule has 0 fully saturated rings. The third kappa shape index (κ3) is 5.15. The highest BCUT2D eigenvalue weighted by molar-refractivity contribution is 7.94. The van der Waals surface area contributed by atoms with Crippen molar-refractivity contribution >= 4 is 33.1 Å². The fourth-order valence-corrected chi connectivity index (χ4v) is 5.38. The molecule has 0 radical (unpaired) electrons. The van der Waals surface area contributed by atoms with Crippen molar-refractivity contribution < 1.29 is 28.2 Å². The number of sulfone groups is 1. The molecule has 0 aliphatic carbocycles. The van der Waals surface area contributed by atoms with E-state index in [1.807, 2.05) is 18.4 Å². The maximum absolute atomic E-state index is 12.0. The van der Waals surface area contributed by atoms with Crippen LogP contribution in [0.15, 0.2) is 27.8 Å². The number of carboxylic acid groups (broad SMARTS) is 2. The Morgan fingerprint density at radius 2 is 1.91 bits per heavy atom. The largest absolute Gasteiger partial charge is 0.478 e. The fraction of sp³-hybridized carbons (Fsp3) is 0.429. The van der Waals surface area contributed by atoms with E-state index in [1.165, 1.54) is 11.3 Å². The van der Waals surface area contributed by atoms with E-state index in [0.29, 0.717) is 22.8 Å². The van der Waals surface area contributed by atoms with Crippen molar-refractivity contribution in [2.45, 2.75) is 35.8 Å². The average molecular weight is 361 g/mol. The van der Waals surface area contributed by atoms with Gasteiger partial charge >= 0.3 is 11.9 Å². The summed E-state index contributed by atoms with van der Waals surface area (Å²) in [5, 5.41) is 20.6. The van der Waals surface area contributed by atoms with Crippen LogP contribution in [-0.2, 0) is 19.4 Å². The molecule has 0 bridgehead atoms. The van der Waals surface area contributed by atoms with Crippen molar-refractivity contribution in [2.24, 2.45) is 0 Å². The van der Waals surface area contributed by atoms with Crippen molar-refractivity contribution in [3.63, 3.8) is 0 Å². The molecule has 2 atom stereocenters. The Morgan fingerprint density at radius 3 is 2.39 bits per heavy atom. The van der Waals surface area contributed by atoms with Gasteiger partial charge in [-0.25, -0.2) is 18.0 Å². The zero-order chi connectivity index (χ0) is 17.6. The Hall–Kier alpha value is -1.71. The zero-order valence-electron chi connectivity index (χ0n) is 12.7. The second-order valence-electron chi connectivity index (χ2n) is 4.87. The summed E-state index contributed by atoms with van der Waals surface area (Å²) in [6.07, 6.45) is 1.80. The van der Waals surface area contributed by atoms with Crippen LogP contribution in [0.2, 0.25) is 0 Å². The molecule has 0 unspecified atom stereocenters. The third-order valence-corrected chi connectivity index (χ3v) is 6.92. The van der Waals surface area contributed by atoms with Crippen LogP contribution in [0.25, 0.3) is 0 Å². The van der Waals surface area contributed by atoms with Gasteiger partial charge in [-0.1, -0.05) is 6.92 Å². The van der Waals surface area contributed by atoms with E-state index in [9.17, 15) is 18.0 Å². The molecular formula is C14H19NO6S2. The number of rotatable bonds is 4. The lowest BCUT2D eigenvalue weighted by Gasteiger charge is -2.27. The Labute approximate surface area is 138 Å². The molecule has 1 aromatic rings. The molecule has 0 spiro atoms. The number of thiophene rings is 1. The van der Waals surface area contributed by atoms with Crippen LogP contribution >= 0.6 is 11.3 Å². The summed E-state index contributed by atoms with van der Waals surface area (Å²) in [5.74, 6) is -2.51. The minimum atomic E-state index is -3.05. The van der Waals surface area contributed by atoms with Crippen molar-refractivity contribution in [1.82, 2.24) is 5.32 Å². The SMILES string of the molecule is CCN[C@H]1C[C@H](C)S(=O)(=O)c2sccc21.O=C(O)/C=C/C(=O)O. The maximum Gasteiger partial charge on any atom is 0.328 e. The lowest BCUT2D eigenvalue weighted by atomic mass is 10.1. The Morgan fingerprint density at radius 1 is 1.35 bits per heavy atom. The summed E-state index contributed by atoms with van der Waals surface area (Å²) in [4.78, 5) is 19.1. The van der Waals surface area contributed by atoms with Crippen LogP contribution in [0.4, 0.5) is 0 Å². The molecule has 2 heterocycles. The molecule has 0 saturated carbocycles. The predicted molar refractivity (Wildman–Crippen MR) is 86.4 cm³/mol. The van der Waals surface area contributed by atoms with Crippen molar-refractivity contribution in [1.29, 1.82) is 0 Å². The fourth-order valence-electron chi connectivity index (χ4n) is 2.15. The molecule has 128 valence electrons. The summed E-state index contributed by atoms with van der Waals surface area (Å²) in [5.41, 5.74) is 0.958. The third-order valence-electron chi connectivity index (χ3n) is 3.21. The molecule has 0 amide bonds. The first-order valence-electron chi connectivity index (χ1n) is 6.88. The molecule has 23 heavy (non-hydrogen) atoms. The van der Waals surface area contributed by atoms with Gasteiger partial charge in [-0.05, 0) is 36.9 Å². The van der Waals surface area contributed by atoms with E-state index in [4.69, 9.17) is 10.2 Å². The molecule has 9 heteroatoms. The topological polar surface area (TPSA) is 121 Å². The molecule has 7 nitrogen and oxygen atoms in total. The van der Waals surface area contributed by atoms with Gasteiger partial charge in [-0.15, -0.1) is 11.3 Å². The Balaban J connectivity index is 0.000000284. The first kappa shape index (κ1) is 19.3. The number of carboxylic acids is 2. The van der Waals surface area contributed by atoms with E-state index in [2.05, 4.69) is 5.32 Å². The van der Waals surface area contributed by atoms with Crippen LogP contribution < -0.4 is 5.32 Å². The summed E-state index contributed by atoms with van der Waals surface area (Å²) in [6, 6.07) is 2.13. The Kier molecular flexibility index (Phi) is 6.92. The smallest absolute Gasteiger partial charge is 0.328 e. The van der Waals surface area contributed by atoms with E-state index < -0.39 is 21.8 Å². The molecule has 2 rings (SSSR count). The summed E-state index contributed by atoms with van der Waals surface area (Å²) < 4.78 is 24.6. The number of hydrogen-bond donors (Lipinski definition) is 3. The summed E-state index contributed by atoms with van der Waals surface area (Å²) in [6.45, 7) is 4.70. The highest BCUT2D eigenvalue weighted by Gasteiger charge is 2.36. The minimum Gasteiger partial charge on any atom is -0.478 e.